The number of nitrogens with zero attached hydrogens (tertiary/aromatic N) is 2. The Kier molecular flexibility index (Phi) is 4.19. The number of ether oxygens (including phenoxy) is 1. The fraction of sp³-hybridized carbons (Fsp3) is 0.231. The van der Waals surface area contributed by atoms with Crippen molar-refractivity contribution < 1.29 is 17.9 Å². The highest BCUT2D eigenvalue weighted by Crippen LogP contribution is 2.27. The number of benzene rings is 1. The summed E-state index contributed by atoms with van der Waals surface area (Å²) in [4.78, 5) is 7.90. The number of hydrogen-bond acceptors (Lipinski definition) is 4. The van der Waals surface area contributed by atoms with E-state index in [1.54, 1.807) is 25.4 Å². The van der Waals surface area contributed by atoms with Crippen LogP contribution < -0.4 is 10.1 Å². The molecule has 0 saturated heterocycles. The van der Waals surface area contributed by atoms with Gasteiger partial charge in [-0.3, -0.25) is 0 Å². The van der Waals surface area contributed by atoms with Crippen LogP contribution in [0.25, 0.3) is 0 Å². The van der Waals surface area contributed by atoms with Crippen LogP contribution in [0, 0.1) is 0 Å². The first kappa shape index (κ1) is 14.3. The molecule has 1 aromatic carbocycles. The highest BCUT2D eigenvalue weighted by molar-refractivity contribution is 5.34. The topological polar surface area (TPSA) is 47.0 Å². The Morgan fingerprint density at radius 1 is 1.25 bits per heavy atom. The fourth-order valence-electron chi connectivity index (χ4n) is 1.85. The first-order chi connectivity index (χ1) is 9.49. The zero-order valence-corrected chi connectivity index (χ0v) is 10.6. The number of alkyl halides is 3. The van der Waals surface area contributed by atoms with Gasteiger partial charge in [-0.15, -0.1) is 13.2 Å². The third kappa shape index (κ3) is 3.67. The van der Waals surface area contributed by atoms with Crippen molar-refractivity contribution in [3.8, 4) is 5.75 Å². The summed E-state index contributed by atoms with van der Waals surface area (Å²) in [5.74, 6) is -0.260. The molecule has 0 spiro atoms. The van der Waals surface area contributed by atoms with Gasteiger partial charge in [0.25, 0.3) is 0 Å². The summed E-state index contributed by atoms with van der Waals surface area (Å²) in [6.07, 6.45) is -1.75. The Balaban J connectivity index is 2.29. The molecule has 1 aromatic heterocycles. The molecule has 2 aromatic rings. The van der Waals surface area contributed by atoms with Crippen molar-refractivity contribution in [3.63, 3.8) is 0 Å². The molecule has 1 heterocycles. The number of aromatic nitrogens is 2. The predicted octanol–water partition coefficient (Wildman–Crippen LogP) is 2.68. The molecule has 1 atom stereocenters. The number of rotatable bonds is 4. The zero-order chi connectivity index (χ0) is 14.6. The minimum Gasteiger partial charge on any atom is -0.406 e. The molecule has 1 unspecified atom stereocenters. The van der Waals surface area contributed by atoms with Crippen LogP contribution >= 0.6 is 0 Å². The van der Waals surface area contributed by atoms with Crippen LogP contribution in [0.5, 0.6) is 5.75 Å². The van der Waals surface area contributed by atoms with Crippen molar-refractivity contribution in [2.75, 3.05) is 7.05 Å². The van der Waals surface area contributed by atoms with Crippen LogP contribution in [0.3, 0.4) is 0 Å². The molecule has 0 radical (unpaired) electrons. The number of hydrogen-bond donors (Lipinski definition) is 1. The average Bonchev–Trinajstić information content (AvgIpc) is 2.39. The highest BCUT2D eigenvalue weighted by atomic mass is 19.4. The van der Waals surface area contributed by atoms with Gasteiger partial charge in [-0.2, -0.15) is 0 Å². The lowest BCUT2D eigenvalue weighted by Crippen LogP contribution is -2.20. The van der Waals surface area contributed by atoms with Crippen molar-refractivity contribution >= 4 is 0 Å². The normalized spacial score (nSPS) is 13.0. The van der Waals surface area contributed by atoms with Crippen molar-refractivity contribution in [1.82, 2.24) is 15.3 Å². The van der Waals surface area contributed by atoms with Gasteiger partial charge in [-0.1, -0.05) is 12.1 Å². The minimum absolute atomic E-state index is 0.260. The van der Waals surface area contributed by atoms with E-state index in [-0.39, 0.29) is 11.8 Å². The summed E-state index contributed by atoms with van der Waals surface area (Å²) in [5.41, 5.74) is 1.28. The van der Waals surface area contributed by atoms with Crippen LogP contribution in [0.1, 0.15) is 17.3 Å². The van der Waals surface area contributed by atoms with Crippen LogP contribution in [-0.4, -0.2) is 23.4 Å². The van der Waals surface area contributed by atoms with Gasteiger partial charge < -0.3 is 10.1 Å². The maximum absolute atomic E-state index is 12.2. The minimum atomic E-state index is -4.71. The van der Waals surface area contributed by atoms with E-state index in [0.29, 0.717) is 11.3 Å². The maximum atomic E-state index is 12.2. The van der Waals surface area contributed by atoms with Gasteiger partial charge in [-0.05, 0) is 30.8 Å². The second-order valence-corrected chi connectivity index (χ2v) is 3.98. The largest absolute Gasteiger partial charge is 0.573 e. The number of halogens is 3. The number of nitrogens with one attached hydrogen (secondary N) is 1. The van der Waals surface area contributed by atoms with Gasteiger partial charge in [0.15, 0.2) is 0 Å². The molecule has 0 aliphatic carbocycles. The summed E-state index contributed by atoms with van der Waals surface area (Å²) in [6, 6.07) is 7.14. The molecule has 2 rings (SSSR count). The Morgan fingerprint density at radius 2 is 2.05 bits per heavy atom. The molecule has 0 aliphatic heterocycles. The van der Waals surface area contributed by atoms with Crippen LogP contribution in [-0.2, 0) is 0 Å². The van der Waals surface area contributed by atoms with Gasteiger partial charge in [0.05, 0.1) is 11.7 Å². The van der Waals surface area contributed by atoms with Gasteiger partial charge in [-0.25, -0.2) is 9.97 Å². The van der Waals surface area contributed by atoms with Gasteiger partial charge in [0, 0.05) is 6.20 Å². The lowest BCUT2D eigenvalue weighted by Gasteiger charge is -2.17. The molecular weight excluding hydrogens is 271 g/mol. The standard InChI is InChI=1S/C13H12F3N3O/c1-17-12(11-5-6-18-8-19-11)9-3-2-4-10(7-9)20-13(14,15)16/h2-8,12,17H,1H3. The molecule has 0 bridgehead atoms. The van der Waals surface area contributed by atoms with Gasteiger partial charge in [0.2, 0.25) is 0 Å². The van der Waals surface area contributed by atoms with E-state index in [9.17, 15) is 13.2 Å². The lowest BCUT2D eigenvalue weighted by atomic mass is 10.0. The highest BCUT2D eigenvalue weighted by Gasteiger charge is 2.31. The third-order valence-corrected chi connectivity index (χ3v) is 2.61. The van der Waals surface area contributed by atoms with E-state index in [0.717, 1.165) is 0 Å². The summed E-state index contributed by atoms with van der Waals surface area (Å²) in [5, 5.41) is 3.00. The first-order valence-electron chi connectivity index (χ1n) is 5.78. The third-order valence-electron chi connectivity index (χ3n) is 2.61. The summed E-state index contributed by atoms with van der Waals surface area (Å²) in [6.45, 7) is 0. The zero-order valence-electron chi connectivity index (χ0n) is 10.6. The molecule has 0 saturated carbocycles. The van der Waals surface area contributed by atoms with Crippen molar-refractivity contribution in [3.05, 3.63) is 54.1 Å². The van der Waals surface area contributed by atoms with E-state index in [4.69, 9.17) is 0 Å². The first-order valence-corrected chi connectivity index (χ1v) is 5.78. The lowest BCUT2D eigenvalue weighted by molar-refractivity contribution is -0.274. The SMILES string of the molecule is CNC(c1cccc(OC(F)(F)F)c1)c1ccncn1. The van der Waals surface area contributed by atoms with E-state index in [2.05, 4.69) is 20.0 Å². The quantitative estimate of drug-likeness (QED) is 0.937. The van der Waals surface area contributed by atoms with E-state index in [1.807, 2.05) is 0 Å². The van der Waals surface area contributed by atoms with Crippen LogP contribution in [0.15, 0.2) is 42.9 Å². The summed E-state index contributed by atoms with van der Waals surface area (Å²) in [7, 11) is 1.70. The fourth-order valence-corrected chi connectivity index (χ4v) is 1.85. The van der Waals surface area contributed by atoms with E-state index in [1.165, 1.54) is 24.5 Å². The second-order valence-electron chi connectivity index (χ2n) is 3.98. The van der Waals surface area contributed by atoms with E-state index < -0.39 is 6.36 Å². The van der Waals surface area contributed by atoms with Crippen molar-refractivity contribution in [1.29, 1.82) is 0 Å². The van der Waals surface area contributed by atoms with Crippen molar-refractivity contribution in [2.45, 2.75) is 12.4 Å². The van der Waals surface area contributed by atoms with Gasteiger partial charge >= 0.3 is 6.36 Å². The molecule has 0 fully saturated rings. The summed E-state index contributed by atoms with van der Waals surface area (Å²) < 4.78 is 40.6. The molecule has 1 N–H and O–H groups in total. The molecule has 0 aliphatic rings. The molecule has 20 heavy (non-hydrogen) atoms. The smallest absolute Gasteiger partial charge is 0.406 e. The molecule has 0 amide bonds. The predicted molar refractivity (Wildman–Crippen MR) is 66.1 cm³/mol. The Labute approximate surface area is 113 Å². The van der Waals surface area contributed by atoms with Crippen LogP contribution in [0.4, 0.5) is 13.2 Å². The maximum Gasteiger partial charge on any atom is 0.573 e. The summed E-state index contributed by atoms with van der Waals surface area (Å²) >= 11 is 0. The Morgan fingerprint density at radius 3 is 2.65 bits per heavy atom. The van der Waals surface area contributed by atoms with Crippen molar-refractivity contribution in [2.24, 2.45) is 0 Å². The average molecular weight is 283 g/mol. The van der Waals surface area contributed by atoms with E-state index >= 15 is 0 Å². The second kappa shape index (κ2) is 5.87. The van der Waals surface area contributed by atoms with Crippen LogP contribution in [0.2, 0.25) is 0 Å². The Hall–Kier alpha value is -2.15. The monoisotopic (exact) mass is 283 g/mol. The molecule has 4 nitrogen and oxygen atoms in total. The molecular formula is C13H12F3N3O. The Bertz CT molecular complexity index is 560. The van der Waals surface area contributed by atoms with Gasteiger partial charge in [0.1, 0.15) is 12.1 Å². The molecule has 7 heteroatoms. The molecule has 106 valence electrons.